The molecule has 0 fully saturated rings. The second-order valence-electron chi connectivity index (χ2n) is 4.51. The number of hydrogen-bond donors (Lipinski definition) is 0. The third-order valence-corrected chi connectivity index (χ3v) is 3.72. The normalized spacial score (nSPS) is 13.4. The molecule has 17 heavy (non-hydrogen) atoms. The molecule has 0 heterocycles. The molecule has 0 atom stereocenters. The number of rotatable bonds is 1. The van der Waals surface area contributed by atoms with Crippen LogP contribution in [0.4, 0.5) is 0 Å². The summed E-state index contributed by atoms with van der Waals surface area (Å²) in [6.07, 6.45) is 3.27. The fourth-order valence-electron chi connectivity index (χ4n) is 2.26. The van der Waals surface area contributed by atoms with E-state index in [1.807, 2.05) is 6.92 Å². The van der Waals surface area contributed by atoms with E-state index in [4.69, 9.17) is 11.6 Å². The molecule has 0 aromatic heterocycles. The predicted molar refractivity (Wildman–Crippen MR) is 74.2 cm³/mol. The topological polar surface area (TPSA) is 0 Å². The van der Waals surface area contributed by atoms with Gasteiger partial charge < -0.3 is 0 Å². The number of fused-ring (bicyclic) bond motifs is 1. The Balaban J connectivity index is 2.01. The van der Waals surface area contributed by atoms with Crippen molar-refractivity contribution in [1.82, 2.24) is 0 Å². The van der Waals surface area contributed by atoms with Crippen molar-refractivity contribution in [2.24, 2.45) is 0 Å². The first-order valence-corrected chi connectivity index (χ1v) is 6.17. The highest BCUT2D eigenvalue weighted by Gasteiger charge is 2.13. The van der Waals surface area contributed by atoms with E-state index in [1.165, 1.54) is 22.3 Å². The van der Waals surface area contributed by atoms with Crippen LogP contribution in [0.5, 0.6) is 0 Å². The predicted octanol–water partition coefficient (Wildman–Crippen LogP) is 4.75. The zero-order valence-electron chi connectivity index (χ0n) is 9.70. The molecular formula is C16H13Cl. The van der Waals surface area contributed by atoms with E-state index in [9.17, 15) is 0 Å². The summed E-state index contributed by atoms with van der Waals surface area (Å²) in [6, 6.07) is 14.8. The lowest BCUT2D eigenvalue weighted by Crippen LogP contribution is -1.86. The van der Waals surface area contributed by atoms with Crippen molar-refractivity contribution in [3.63, 3.8) is 0 Å². The van der Waals surface area contributed by atoms with Gasteiger partial charge in [0.2, 0.25) is 0 Å². The molecule has 2 aromatic rings. The first-order chi connectivity index (χ1) is 8.24. The Morgan fingerprint density at radius 2 is 1.88 bits per heavy atom. The summed E-state index contributed by atoms with van der Waals surface area (Å²) in [5.74, 6) is 0. The summed E-state index contributed by atoms with van der Waals surface area (Å²) in [5, 5.41) is 0.847. The Bertz CT molecular complexity index is 609. The molecule has 0 spiro atoms. The highest BCUT2D eigenvalue weighted by molar-refractivity contribution is 6.31. The smallest absolute Gasteiger partial charge is 0.0441 e. The van der Waals surface area contributed by atoms with Crippen LogP contribution in [0.15, 0.2) is 42.5 Å². The molecule has 0 nitrogen and oxygen atoms in total. The van der Waals surface area contributed by atoms with Gasteiger partial charge in [0, 0.05) is 5.02 Å². The second kappa shape index (κ2) is 4.05. The fourth-order valence-corrected chi connectivity index (χ4v) is 2.44. The maximum Gasteiger partial charge on any atom is 0.0441 e. The molecule has 1 heteroatoms. The van der Waals surface area contributed by atoms with Crippen LogP contribution in [0.3, 0.4) is 0 Å². The van der Waals surface area contributed by atoms with Crippen LogP contribution in [0, 0.1) is 6.92 Å². The standard InChI is InChI=1S/C16H13Cl/c1-11-6-7-14(10-16(11)17)15-8-12-4-2-3-5-13(12)9-15/h2-8,10H,9H2,1H3. The molecule has 0 saturated heterocycles. The quantitative estimate of drug-likeness (QED) is 0.675. The van der Waals surface area contributed by atoms with E-state index in [2.05, 4.69) is 48.5 Å². The van der Waals surface area contributed by atoms with Crippen LogP contribution >= 0.6 is 11.6 Å². The minimum atomic E-state index is 0.847. The Morgan fingerprint density at radius 1 is 1.06 bits per heavy atom. The van der Waals surface area contributed by atoms with Gasteiger partial charge in [-0.25, -0.2) is 0 Å². The maximum atomic E-state index is 6.18. The molecule has 1 aliphatic carbocycles. The molecule has 0 radical (unpaired) electrons. The minimum Gasteiger partial charge on any atom is -0.0840 e. The largest absolute Gasteiger partial charge is 0.0840 e. The monoisotopic (exact) mass is 240 g/mol. The van der Waals surface area contributed by atoms with E-state index in [-0.39, 0.29) is 0 Å². The minimum absolute atomic E-state index is 0.847. The van der Waals surface area contributed by atoms with Crippen LogP contribution in [0.25, 0.3) is 11.6 Å². The number of benzene rings is 2. The van der Waals surface area contributed by atoms with Crippen molar-refractivity contribution in [3.8, 4) is 0 Å². The lowest BCUT2D eigenvalue weighted by atomic mass is 10.0. The third kappa shape index (κ3) is 1.89. The molecule has 1 aliphatic rings. The van der Waals surface area contributed by atoms with E-state index in [1.54, 1.807) is 0 Å². The van der Waals surface area contributed by atoms with E-state index < -0.39 is 0 Å². The van der Waals surface area contributed by atoms with Gasteiger partial charge in [-0.3, -0.25) is 0 Å². The van der Waals surface area contributed by atoms with Gasteiger partial charge in [-0.15, -0.1) is 0 Å². The maximum absolute atomic E-state index is 6.18. The molecule has 0 N–H and O–H groups in total. The van der Waals surface area contributed by atoms with Crippen molar-refractivity contribution in [1.29, 1.82) is 0 Å². The van der Waals surface area contributed by atoms with Gasteiger partial charge in [0.15, 0.2) is 0 Å². The Morgan fingerprint density at radius 3 is 2.65 bits per heavy atom. The summed E-state index contributed by atoms with van der Waals surface area (Å²) >= 11 is 6.18. The molecule has 0 unspecified atom stereocenters. The lowest BCUT2D eigenvalue weighted by molar-refractivity contribution is 1.31. The number of allylic oxidation sites excluding steroid dienone is 1. The van der Waals surface area contributed by atoms with Crippen molar-refractivity contribution < 1.29 is 0 Å². The van der Waals surface area contributed by atoms with Crippen LogP contribution in [0.2, 0.25) is 5.02 Å². The van der Waals surface area contributed by atoms with E-state index >= 15 is 0 Å². The average molecular weight is 241 g/mol. The van der Waals surface area contributed by atoms with Crippen molar-refractivity contribution >= 4 is 23.3 Å². The van der Waals surface area contributed by atoms with Crippen molar-refractivity contribution in [3.05, 3.63) is 69.7 Å². The van der Waals surface area contributed by atoms with Crippen LogP contribution < -0.4 is 0 Å². The van der Waals surface area contributed by atoms with Crippen LogP contribution in [0.1, 0.15) is 22.3 Å². The van der Waals surface area contributed by atoms with Crippen molar-refractivity contribution in [2.45, 2.75) is 13.3 Å². The zero-order chi connectivity index (χ0) is 11.8. The van der Waals surface area contributed by atoms with Crippen LogP contribution in [-0.2, 0) is 6.42 Å². The van der Waals surface area contributed by atoms with Gasteiger partial charge in [0.1, 0.15) is 0 Å². The zero-order valence-corrected chi connectivity index (χ0v) is 10.5. The van der Waals surface area contributed by atoms with Gasteiger partial charge in [0.05, 0.1) is 0 Å². The third-order valence-electron chi connectivity index (χ3n) is 3.31. The molecule has 0 saturated carbocycles. The highest BCUT2D eigenvalue weighted by Crippen LogP contribution is 2.32. The number of aryl methyl sites for hydroxylation is 1. The summed E-state index contributed by atoms with van der Waals surface area (Å²) in [5.41, 5.74) is 6.45. The lowest BCUT2D eigenvalue weighted by Gasteiger charge is -2.05. The molecule has 0 aliphatic heterocycles. The summed E-state index contributed by atoms with van der Waals surface area (Å²) in [4.78, 5) is 0. The van der Waals surface area contributed by atoms with Gasteiger partial charge in [-0.2, -0.15) is 0 Å². The van der Waals surface area contributed by atoms with Crippen LogP contribution in [-0.4, -0.2) is 0 Å². The summed E-state index contributed by atoms with van der Waals surface area (Å²) in [6.45, 7) is 2.03. The van der Waals surface area contributed by atoms with E-state index in [0.29, 0.717) is 0 Å². The first kappa shape index (κ1) is 10.6. The molecular weight excluding hydrogens is 228 g/mol. The molecule has 84 valence electrons. The van der Waals surface area contributed by atoms with Gasteiger partial charge in [-0.05, 0) is 47.2 Å². The Kier molecular flexibility index (Phi) is 2.53. The second-order valence-corrected chi connectivity index (χ2v) is 4.92. The van der Waals surface area contributed by atoms with E-state index in [0.717, 1.165) is 17.0 Å². The number of hydrogen-bond acceptors (Lipinski definition) is 0. The average Bonchev–Trinajstić information content (AvgIpc) is 2.76. The molecule has 0 bridgehead atoms. The molecule has 0 amide bonds. The van der Waals surface area contributed by atoms with Gasteiger partial charge in [-0.1, -0.05) is 54.1 Å². The van der Waals surface area contributed by atoms with Gasteiger partial charge >= 0.3 is 0 Å². The van der Waals surface area contributed by atoms with Crippen molar-refractivity contribution in [2.75, 3.05) is 0 Å². The summed E-state index contributed by atoms with van der Waals surface area (Å²) in [7, 11) is 0. The first-order valence-electron chi connectivity index (χ1n) is 5.79. The molecule has 3 rings (SSSR count). The molecule has 2 aromatic carbocycles. The summed E-state index contributed by atoms with van der Waals surface area (Å²) < 4.78 is 0. The Hall–Kier alpha value is -1.53. The highest BCUT2D eigenvalue weighted by atomic mass is 35.5. The SMILES string of the molecule is Cc1ccc(C2=Cc3ccccc3C2)cc1Cl. The van der Waals surface area contributed by atoms with Gasteiger partial charge in [0.25, 0.3) is 0 Å². The number of halogens is 1. The Labute approximate surface area is 107 Å². The fraction of sp³-hybridized carbons (Fsp3) is 0.125.